The topological polar surface area (TPSA) is 34.1 Å². The largest absolute Gasteiger partial charge is 0.385 e. The van der Waals surface area contributed by atoms with Crippen molar-refractivity contribution < 1.29 is 4.74 Å². The molecule has 0 fully saturated rings. The van der Waals surface area contributed by atoms with Gasteiger partial charge in [-0.2, -0.15) is 0 Å². The SMILES string of the molecule is CCC(C)(OC)c1nc(CCNc2ccc(C)cc2)cs1. The Balaban J connectivity index is 1.90. The number of aromatic nitrogens is 1. The molecule has 1 heterocycles. The Hall–Kier alpha value is -1.39. The number of aryl methyl sites for hydroxylation is 1. The molecule has 0 saturated heterocycles. The molecule has 2 aromatic rings. The first-order valence-electron chi connectivity index (χ1n) is 7.38. The maximum atomic E-state index is 5.60. The molecule has 4 heteroatoms. The third kappa shape index (κ3) is 4.05. The Morgan fingerprint density at radius 3 is 2.62 bits per heavy atom. The summed E-state index contributed by atoms with van der Waals surface area (Å²) in [5.41, 5.74) is 3.31. The second-order valence-electron chi connectivity index (χ2n) is 5.48. The van der Waals surface area contributed by atoms with E-state index in [1.807, 2.05) is 0 Å². The van der Waals surface area contributed by atoms with Crippen molar-refractivity contribution in [3.8, 4) is 0 Å². The number of rotatable bonds is 7. The molecule has 1 aromatic heterocycles. The van der Waals surface area contributed by atoms with Crippen LogP contribution in [0.15, 0.2) is 29.6 Å². The Bertz CT molecular complexity index is 558. The molecule has 1 N–H and O–H groups in total. The predicted molar refractivity (Wildman–Crippen MR) is 90.1 cm³/mol. The number of benzene rings is 1. The highest BCUT2D eigenvalue weighted by molar-refractivity contribution is 7.09. The third-order valence-electron chi connectivity index (χ3n) is 3.89. The number of nitrogens with one attached hydrogen (secondary N) is 1. The zero-order valence-corrected chi connectivity index (χ0v) is 14.1. The smallest absolute Gasteiger partial charge is 0.125 e. The van der Waals surface area contributed by atoms with Crippen LogP contribution in [0.2, 0.25) is 0 Å². The van der Waals surface area contributed by atoms with Crippen LogP contribution in [0, 0.1) is 6.92 Å². The molecule has 0 spiro atoms. The van der Waals surface area contributed by atoms with E-state index in [-0.39, 0.29) is 5.60 Å². The Kier molecular flexibility index (Phi) is 5.37. The number of nitrogens with zero attached hydrogens (tertiary/aromatic N) is 1. The second-order valence-corrected chi connectivity index (χ2v) is 6.33. The van der Waals surface area contributed by atoms with Crippen molar-refractivity contribution in [3.63, 3.8) is 0 Å². The normalized spacial score (nSPS) is 13.9. The van der Waals surface area contributed by atoms with E-state index in [0.717, 1.165) is 35.8 Å². The van der Waals surface area contributed by atoms with E-state index in [0.29, 0.717) is 0 Å². The lowest BCUT2D eigenvalue weighted by molar-refractivity contribution is -0.00166. The summed E-state index contributed by atoms with van der Waals surface area (Å²) in [6, 6.07) is 8.46. The van der Waals surface area contributed by atoms with Gasteiger partial charge in [0.25, 0.3) is 0 Å². The van der Waals surface area contributed by atoms with Gasteiger partial charge in [0.2, 0.25) is 0 Å². The van der Waals surface area contributed by atoms with Gasteiger partial charge in [-0.05, 0) is 32.4 Å². The maximum Gasteiger partial charge on any atom is 0.125 e. The molecule has 21 heavy (non-hydrogen) atoms. The summed E-state index contributed by atoms with van der Waals surface area (Å²) >= 11 is 1.69. The molecular formula is C17H24N2OS. The van der Waals surface area contributed by atoms with Crippen LogP contribution in [0.25, 0.3) is 0 Å². The van der Waals surface area contributed by atoms with Gasteiger partial charge in [0, 0.05) is 31.1 Å². The summed E-state index contributed by atoms with van der Waals surface area (Å²) < 4.78 is 5.60. The zero-order valence-electron chi connectivity index (χ0n) is 13.3. The van der Waals surface area contributed by atoms with Gasteiger partial charge < -0.3 is 10.1 Å². The lowest BCUT2D eigenvalue weighted by Gasteiger charge is -2.23. The highest BCUT2D eigenvalue weighted by Crippen LogP contribution is 2.30. The Morgan fingerprint density at radius 2 is 2.00 bits per heavy atom. The number of anilines is 1. The lowest BCUT2D eigenvalue weighted by atomic mass is 10.1. The molecular weight excluding hydrogens is 280 g/mol. The van der Waals surface area contributed by atoms with Crippen LogP contribution in [0.5, 0.6) is 0 Å². The molecule has 114 valence electrons. The number of methoxy groups -OCH3 is 1. The van der Waals surface area contributed by atoms with E-state index in [4.69, 9.17) is 9.72 Å². The van der Waals surface area contributed by atoms with Crippen LogP contribution in [0.4, 0.5) is 5.69 Å². The van der Waals surface area contributed by atoms with E-state index >= 15 is 0 Å². The van der Waals surface area contributed by atoms with Gasteiger partial charge >= 0.3 is 0 Å². The molecule has 1 unspecified atom stereocenters. The fourth-order valence-corrected chi connectivity index (χ4v) is 3.12. The number of hydrogen-bond acceptors (Lipinski definition) is 4. The summed E-state index contributed by atoms with van der Waals surface area (Å²) in [7, 11) is 1.75. The van der Waals surface area contributed by atoms with Crippen LogP contribution in [0.1, 0.15) is 36.5 Å². The maximum absolute atomic E-state index is 5.60. The Morgan fingerprint density at radius 1 is 1.29 bits per heavy atom. The van der Waals surface area contributed by atoms with Gasteiger partial charge in [-0.15, -0.1) is 11.3 Å². The Labute approximate surface area is 131 Å². The van der Waals surface area contributed by atoms with Crippen LogP contribution in [-0.2, 0) is 16.8 Å². The molecule has 1 aromatic carbocycles. The standard InChI is InChI=1S/C17H24N2OS/c1-5-17(3,20-4)16-19-15(12-21-16)10-11-18-14-8-6-13(2)7-9-14/h6-9,12,18H,5,10-11H2,1-4H3. The van der Waals surface area contributed by atoms with E-state index < -0.39 is 0 Å². The first-order chi connectivity index (χ1) is 10.1. The highest BCUT2D eigenvalue weighted by Gasteiger charge is 2.27. The lowest BCUT2D eigenvalue weighted by Crippen LogP contribution is -2.23. The van der Waals surface area contributed by atoms with E-state index in [2.05, 4.69) is 55.7 Å². The van der Waals surface area contributed by atoms with Gasteiger partial charge in [0.1, 0.15) is 10.6 Å². The van der Waals surface area contributed by atoms with Crippen LogP contribution < -0.4 is 5.32 Å². The first kappa shape index (κ1) is 16.0. The summed E-state index contributed by atoms with van der Waals surface area (Å²) in [6.07, 6.45) is 1.85. The molecule has 0 aliphatic rings. The van der Waals surface area contributed by atoms with Gasteiger partial charge in [0.15, 0.2) is 0 Å². The molecule has 0 radical (unpaired) electrons. The molecule has 0 aliphatic carbocycles. The molecule has 3 nitrogen and oxygen atoms in total. The molecule has 2 rings (SSSR count). The fourth-order valence-electron chi connectivity index (χ4n) is 2.05. The van der Waals surface area contributed by atoms with Crippen molar-refractivity contribution in [2.75, 3.05) is 19.0 Å². The van der Waals surface area contributed by atoms with Crippen molar-refractivity contribution in [2.45, 2.75) is 39.2 Å². The van der Waals surface area contributed by atoms with Crippen molar-refractivity contribution in [1.29, 1.82) is 0 Å². The van der Waals surface area contributed by atoms with Crippen LogP contribution in [-0.4, -0.2) is 18.6 Å². The van der Waals surface area contributed by atoms with Crippen LogP contribution in [0.3, 0.4) is 0 Å². The summed E-state index contributed by atoms with van der Waals surface area (Å²) in [4.78, 5) is 4.72. The summed E-state index contributed by atoms with van der Waals surface area (Å²) in [6.45, 7) is 7.22. The predicted octanol–water partition coefficient (Wildman–Crippen LogP) is 4.38. The van der Waals surface area contributed by atoms with Gasteiger partial charge in [-0.3, -0.25) is 0 Å². The quantitative estimate of drug-likeness (QED) is 0.824. The molecule has 0 amide bonds. The van der Waals surface area contributed by atoms with Gasteiger partial charge in [-0.25, -0.2) is 4.98 Å². The first-order valence-corrected chi connectivity index (χ1v) is 8.26. The van der Waals surface area contributed by atoms with Crippen molar-refractivity contribution in [1.82, 2.24) is 4.98 Å². The highest BCUT2D eigenvalue weighted by atomic mass is 32.1. The van der Waals surface area contributed by atoms with Gasteiger partial charge in [0.05, 0.1) is 5.69 Å². The van der Waals surface area contributed by atoms with E-state index in [9.17, 15) is 0 Å². The fraction of sp³-hybridized carbons (Fsp3) is 0.471. The molecule has 1 atom stereocenters. The number of hydrogen-bond donors (Lipinski definition) is 1. The minimum Gasteiger partial charge on any atom is -0.385 e. The summed E-state index contributed by atoms with van der Waals surface area (Å²) in [5, 5.41) is 6.64. The molecule has 0 aliphatic heterocycles. The van der Waals surface area contributed by atoms with E-state index in [1.165, 1.54) is 5.56 Å². The third-order valence-corrected chi connectivity index (χ3v) is 5.03. The molecule has 0 saturated carbocycles. The zero-order chi connectivity index (χ0) is 15.3. The average molecular weight is 304 g/mol. The minimum atomic E-state index is -0.257. The number of ether oxygens (including phenoxy) is 1. The average Bonchev–Trinajstić information content (AvgIpc) is 2.98. The number of thiazole rings is 1. The summed E-state index contributed by atoms with van der Waals surface area (Å²) in [5.74, 6) is 0. The molecule has 0 bridgehead atoms. The van der Waals surface area contributed by atoms with E-state index in [1.54, 1.807) is 18.4 Å². The van der Waals surface area contributed by atoms with Crippen molar-refractivity contribution in [2.24, 2.45) is 0 Å². The minimum absolute atomic E-state index is 0.257. The monoisotopic (exact) mass is 304 g/mol. The van der Waals surface area contributed by atoms with Crippen molar-refractivity contribution >= 4 is 17.0 Å². The van der Waals surface area contributed by atoms with Crippen LogP contribution >= 0.6 is 11.3 Å². The second kappa shape index (κ2) is 7.05. The van der Waals surface area contributed by atoms with Crippen molar-refractivity contribution in [3.05, 3.63) is 45.9 Å². The van der Waals surface area contributed by atoms with Gasteiger partial charge in [-0.1, -0.05) is 24.6 Å².